The van der Waals surface area contributed by atoms with Crippen LogP contribution in [0.25, 0.3) is 5.69 Å². The number of rotatable bonds is 2. The molecule has 4 heteroatoms. The van der Waals surface area contributed by atoms with Gasteiger partial charge in [0.1, 0.15) is 0 Å². The fourth-order valence-corrected chi connectivity index (χ4v) is 1.76. The van der Waals surface area contributed by atoms with Gasteiger partial charge in [-0.25, -0.2) is 4.68 Å². The molecule has 0 radical (unpaired) electrons. The van der Waals surface area contributed by atoms with Crippen LogP contribution in [0.3, 0.4) is 0 Å². The van der Waals surface area contributed by atoms with Crippen molar-refractivity contribution in [2.75, 3.05) is 0 Å². The minimum atomic E-state index is 0.0294. The molecule has 0 saturated heterocycles. The first-order valence-corrected chi connectivity index (χ1v) is 5.28. The molecule has 0 fully saturated rings. The van der Waals surface area contributed by atoms with E-state index in [4.69, 9.17) is 0 Å². The van der Waals surface area contributed by atoms with Gasteiger partial charge in [0.2, 0.25) is 0 Å². The summed E-state index contributed by atoms with van der Waals surface area (Å²) >= 11 is 3.35. The molecule has 2 aromatic rings. The van der Waals surface area contributed by atoms with E-state index in [9.17, 15) is 4.79 Å². The molecule has 0 aliphatic carbocycles. The van der Waals surface area contributed by atoms with Gasteiger partial charge in [0, 0.05) is 22.4 Å². The Morgan fingerprint density at radius 1 is 1.47 bits per heavy atom. The van der Waals surface area contributed by atoms with Gasteiger partial charge >= 0.3 is 0 Å². The van der Waals surface area contributed by atoms with Crippen LogP contribution >= 0.6 is 15.9 Å². The molecular formula is C11H9BrN2O. The van der Waals surface area contributed by atoms with Gasteiger partial charge in [-0.05, 0) is 31.2 Å². The van der Waals surface area contributed by atoms with E-state index in [0.29, 0.717) is 5.56 Å². The lowest BCUT2D eigenvalue weighted by atomic mass is 10.1. The number of aromatic nitrogens is 2. The molecular weight excluding hydrogens is 256 g/mol. The third-order valence-electron chi connectivity index (χ3n) is 2.09. The summed E-state index contributed by atoms with van der Waals surface area (Å²) < 4.78 is 2.58. The number of ketones is 1. The van der Waals surface area contributed by atoms with E-state index in [-0.39, 0.29) is 5.78 Å². The average molecular weight is 265 g/mol. The van der Waals surface area contributed by atoms with Crippen molar-refractivity contribution in [2.24, 2.45) is 0 Å². The molecule has 0 N–H and O–H groups in total. The number of Topliss-reactive ketones (excluding diaryl/α,β-unsaturated/α-hetero) is 1. The van der Waals surface area contributed by atoms with Gasteiger partial charge < -0.3 is 0 Å². The van der Waals surface area contributed by atoms with Gasteiger partial charge in [-0.2, -0.15) is 5.10 Å². The van der Waals surface area contributed by atoms with Crippen LogP contribution in [0.15, 0.2) is 41.1 Å². The molecule has 2 rings (SSSR count). The smallest absolute Gasteiger partial charge is 0.162 e. The highest BCUT2D eigenvalue weighted by atomic mass is 79.9. The predicted octanol–water partition coefficient (Wildman–Crippen LogP) is 2.84. The standard InChI is InChI=1S/C11H9BrN2O/c1-8(15)10-7-9(12)3-4-11(10)14-6-2-5-13-14/h2-7H,1H3. The van der Waals surface area contributed by atoms with Crippen LogP contribution < -0.4 is 0 Å². The number of hydrogen-bond acceptors (Lipinski definition) is 2. The van der Waals surface area contributed by atoms with Crippen LogP contribution in [0.2, 0.25) is 0 Å². The summed E-state index contributed by atoms with van der Waals surface area (Å²) in [5, 5.41) is 4.11. The summed E-state index contributed by atoms with van der Waals surface area (Å²) in [4.78, 5) is 11.5. The van der Waals surface area contributed by atoms with Gasteiger partial charge in [-0.1, -0.05) is 15.9 Å². The van der Waals surface area contributed by atoms with Crippen LogP contribution in [-0.4, -0.2) is 15.6 Å². The molecule has 0 unspecified atom stereocenters. The van der Waals surface area contributed by atoms with Crippen molar-refractivity contribution in [1.29, 1.82) is 0 Å². The second kappa shape index (κ2) is 3.98. The minimum absolute atomic E-state index is 0.0294. The Balaban J connectivity index is 2.61. The second-order valence-electron chi connectivity index (χ2n) is 3.17. The van der Waals surface area contributed by atoms with Crippen molar-refractivity contribution >= 4 is 21.7 Å². The maximum atomic E-state index is 11.5. The number of carbonyl (C=O) groups excluding carboxylic acids is 1. The second-order valence-corrected chi connectivity index (χ2v) is 4.08. The summed E-state index contributed by atoms with van der Waals surface area (Å²) in [5.41, 5.74) is 1.46. The lowest BCUT2D eigenvalue weighted by molar-refractivity contribution is 0.101. The van der Waals surface area contributed by atoms with E-state index >= 15 is 0 Å². The fraction of sp³-hybridized carbons (Fsp3) is 0.0909. The van der Waals surface area contributed by atoms with Crippen molar-refractivity contribution in [3.63, 3.8) is 0 Å². The van der Waals surface area contributed by atoms with Crippen LogP contribution in [0.1, 0.15) is 17.3 Å². The van der Waals surface area contributed by atoms with E-state index in [1.165, 1.54) is 0 Å². The van der Waals surface area contributed by atoms with Gasteiger partial charge in [-0.3, -0.25) is 4.79 Å². The maximum absolute atomic E-state index is 11.5. The van der Waals surface area contributed by atoms with Crippen molar-refractivity contribution in [1.82, 2.24) is 9.78 Å². The summed E-state index contributed by atoms with van der Waals surface area (Å²) in [6.45, 7) is 1.55. The highest BCUT2D eigenvalue weighted by Crippen LogP contribution is 2.19. The molecule has 0 amide bonds. The van der Waals surface area contributed by atoms with Gasteiger partial charge in [-0.15, -0.1) is 0 Å². The third kappa shape index (κ3) is 1.99. The Bertz CT molecular complexity index is 491. The minimum Gasteiger partial charge on any atom is -0.294 e. The largest absolute Gasteiger partial charge is 0.294 e. The zero-order valence-corrected chi connectivity index (χ0v) is 9.73. The lowest BCUT2D eigenvalue weighted by Crippen LogP contribution is -2.03. The lowest BCUT2D eigenvalue weighted by Gasteiger charge is -2.07. The van der Waals surface area contributed by atoms with E-state index in [1.54, 1.807) is 23.9 Å². The topological polar surface area (TPSA) is 34.9 Å². The van der Waals surface area contributed by atoms with Crippen LogP contribution in [0, 0.1) is 0 Å². The first-order chi connectivity index (χ1) is 7.18. The maximum Gasteiger partial charge on any atom is 0.162 e. The zero-order chi connectivity index (χ0) is 10.8. The van der Waals surface area contributed by atoms with Crippen molar-refractivity contribution in [3.05, 3.63) is 46.7 Å². The molecule has 15 heavy (non-hydrogen) atoms. The summed E-state index contributed by atoms with van der Waals surface area (Å²) in [5.74, 6) is 0.0294. The molecule has 1 aromatic heterocycles. The number of nitrogens with zero attached hydrogens (tertiary/aromatic N) is 2. The number of benzene rings is 1. The van der Waals surface area contributed by atoms with E-state index in [0.717, 1.165) is 10.2 Å². The number of halogens is 1. The highest BCUT2D eigenvalue weighted by Gasteiger charge is 2.09. The Hall–Kier alpha value is -1.42. The number of carbonyl (C=O) groups is 1. The van der Waals surface area contributed by atoms with E-state index in [2.05, 4.69) is 21.0 Å². The summed E-state index contributed by atoms with van der Waals surface area (Å²) in [6, 6.07) is 7.39. The number of hydrogen-bond donors (Lipinski definition) is 0. The van der Waals surface area contributed by atoms with Gasteiger partial charge in [0.15, 0.2) is 5.78 Å². The Morgan fingerprint density at radius 3 is 2.87 bits per heavy atom. The van der Waals surface area contributed by atoms with Crippen LogP contribution in [-0.2, 0) is 0 Å². The van der Waals surface area contributed by atoms with Crippen LogP contribution in [0.5, 0.6) is 0 Å². The van der Waals surface area contributed by atoms with Crippen molar-refractivity contribution < 1.29 is 4.79 Å². The predicted molar refractivity (Wildman–Crippen MR) is 61.3 cm³/mol. The molecule has 0 atom stereocenters. The Morgan fingerprint density at radius 2 is 2.27 bits per heavy atom. The quantitative estimate of drug-likeness (QED) is 0.782. The SMILES string of the molecule is CC(=O)c1cc(Br)ccc1-n1cccn1. The van der Waals surface area contributed by atoms with Gasteiger partial charge in [0.25, 0.3) is 0 Å². The molecule has 0 spiro atoms. The molecule has 1 heterocycles. The molecule has 0 bridgehead atoms. The molecule has 0 aliphatic heterocycles. The monoisotopic (exact) mass is 264 g/mol. The third-order valence-corrected chi connectivity index (χ3v) is 2.58. The average Bonchev–Trinajstić information content (AvgIpc) is 2.70. The first kappa shape index (κ1) is 10.1. The fourth-order valence-electron chi connectivity index (χ4n) is 1.40. The Kier molecular flexibility index (Phi) is 2.68. The zero-order valence-electron chi connectivity index (χ0n) is 8.14. The summed E-state index contributed by atoms with van der Waals surface area (Å²) in [7, 11) is 0. The molecule has 0 aliphatic rings. The van der Waals surface area contributed by atoms with Crippen molar-refractivity contribution in [2.45, 2.75) is 6.92 Å². The molecule has 0 saturated carbocycles. The Labute approximate surface area is 95.9 Å². The molecule has 1 aromatic carbocycles. The van der Waals surface area contributed by atoms with Crippen LogP contribution in [0.4, 0.5) is 0 Å². The van der Waals surface area contributed by atoms with E-state index in [1.807, 2.05) is 24.4 Å². The van der Waals surface area contributed by atoms with E-state index < -0.39 is 0 Å². The highest BCUT2D eigenvalue weighted by molar-refractivity contribution is 9.10. The molecule has 76 valence electrons. The summed E-state index contributed by atoms with van der Waals surface area (Å²) in [6.07, 6.45) is 3.50. The molecule has 3 nitrogen and oxygen atoms in total. The normalized spacial score (nSPS) is 10.3. The van der Waals surface area contributed by atoms with Gasteiger partial charge in [0.05, 0.1) is 5.69 Å². The first-order valence-electron chi connectivity index (χ1n) is 4.49. The van der Waals surface area contributed by atoms with Crippen molar-refractivity contribution in [3.8, 4) is 5.69 Å².